The van der Waals surface area contributed by atoms with E-state index in [9.17, 15) is 0 Å². The van der Waals surface area contributed by atoms with Crippen LogP contribution in [0, 0.1) is 0 Å². The van der Waals surface area contributed by atoms with Crippen LogP contribution in [0.2, 0.25) is 0 Å². The lowest BCUT2D eigenvalue weighted by molar-refractivity contribution is -0.165. The second kappa shape index (κ2) is 11.9. The molecule has 4 aromatic carbocycles. The Morgan fingerprint density at radius 2 is 0.909 bits per heavy atom. The third kappa shape index (κ3) is 6.20. The van der Waals surface area contributed by atoms with Crippen LogP contribution in [0.25, 0.3) is 0 Å². The zero-order chi connectivity index (χ0) is 30.1. The molecule has 4 aromatic rings. The van der Waals surface area contributed by atoms with Crippen LogP contribution < -0.4 is 14.2 Å². The van der Waals surface area contributed by atoms with Crippen LogP contribution in [0.3, 0.4) is 0 Å². The molecule has 44 heavy (non-hydrogen) atoms. The first-order valence-corrected chi connectivity index (χ1v) is 15.6. The van der Waals surface area contributed by atoms with Crippen molar-refractivity contribution in [2.45, 2.75) is 56.5 Å². The Labute approximate surface area is 259 Å². The van der Waals surface area contributed by atoms with E-state index >= 15 is 0 Å². The van der Waals surface area contributed by atoms with Gasteiger partial charge in [-0.05, 0) is 71.1 Å². The summed E-state index contributed by atoms with van der Waals surface area (Å²) in [6, 6.07) is 34.4. The quantitative estimate of drug-likeness (QED) is 0.123. The fraction of sp³-hybridized carbons (Fsp3) is 0.368. The molecule has 3 fully saturated rings. The maximum absolute atomic E-state index is 5.96. The normalized spacial score (nSPS) is 21.9. The second-order valence-electron chi connectivity index (χ2n) is 12.6. The molecular formula is C38H40O6. The molecule has 3 aliphatic rings. The van der Waals surface area contributed by atoms with E-state index < -0.39 is 5.41 Å². The Morgan fingerprint density at radius 3 is 1.30 bits per heavy atom. The van der Waals surface area contributed by atoms with Crippen LogP contribution in [0.5, 0.6) is 17.2 Å². The molecule has 0 saturated carbocycles. The van der Waals surface area contributed by atoms with Crippen molar-refractivity contribution in [1.82, 2.24) is 0 Å². The molecule has 7 rings (SSSR count). The highest BCUT2D eigenvalue weighted by Crippen LogP contribution is 2.42. The first kappa shape index (κ1) is 28.9. The third-order valence-corrected chi connectivity index (χ3v) is 9.22. The lowest BCUT2D eigenvalue weighted by atomic mass is 9.70. The van der Waals surface area contributed by atoms with Crippen LogP contribution >= 0.6 is 0 Å². The van der Waals surface area contributed by atoms with E-state index in [0.717, 1.165) is 43.5 Å². The van der Waals surface area contributed by atoms with E-state index in [0.29, 0.717) is 13.2 Å². The van der Waals surface area contributed by atoms with Gasteiger partial charge in [0, 0.05) is 17.3 Å². The summed E-state index contributed by atoms with van der Waals surface area (Å²) in [5, 5.41) is 0. The number of hydrogen-bond donors (Lipinski definition) is 0. The number of hydrogen-bond acceptors (Lipinski definition) is 6. The van der Waals surface area contributed by atoms with Gasteiger partial charge in [0.05, 0.1) is 19.8 Å². The molecule has 3 heterocycles. The van der Waals surface area contributed by atoms with E-state index in [4.69, 9.17) is 28.4 Å². The molecule has 0 aromatic heterocycles. The van der Waals surface area contributed by atoms with Crippen molar-refractivity contribution >= 4 is 0 Å². The van der Waals surface area contributed by atoms with Crippen molar-refractivity contribution in [2.24, 2.45) is 0 Å². The number of rotatable bonds is 13. The third-order valence-electron chi connectivity index (χ3n) is 9.22. The first-order chi connectivity index (χ1) is 21.4. The van der Waals surface area contributed by atoms with Crippen LogP contribution in [-0.4, -0.2) is 51.5 Å². The zero-order valence-electron chi connectivity index (χ0n) is 25.7. The second-order valence-corrected chi connectivity index (χ2v) is 12.6. The average Bonchev–Trinajstić information content (AvgIpc) is 3.97. The SMILES string of the molecule is CC(C)(c1ccc(OCC2CO2)cc1)c1ccc(C(C)(c2ccc(OCC3CO3)cc2)c2ccc(OC3CCO3)cc2)cc1. The van der Waals surface area contributed by atoms with Gasteiger partial charge in [-0.25, -0.2) is 0 Å². The summed E-state index contributed by atoms with van der Waals surface area (Å²) in [4.78, 5) is 0. The van der Waals surface area contributed by atoms with Gasteiger partial charge in [0.25, 0.3) is 0 Å². The smallest absolute Gasteiger partial charge is 0.202 e. The number of ether oxygens (including phenoxy) is 6. The van der Waals surface area contributed by atoms with Crippen LogP contribution in [0.4, 0.5) is 0 Å². The Bertz CT molecular complexity index is 1530. The van der Waals surface area contributed by atoms with Crippen molar-refractivity contribution in [2.75, 3.05) is 33.0 Å². The summed E-state index contributed by atoms with van der Waals surface area (Å²) < 4.78 is 33.8. The summed E-state index contributed by atoms with van der Waals surface area (Å²) >= 11 is 0. The summed E-state index contributed by atoms with van der Waals surface area (Å²) in [6.45, 7) is 10.4. The van der Waals surface area contributed by atoms with Crippen molar-refractivity contribution < 1.29 is 28.4 Å². The Hall–Kier alpha value is -3.84. The summed E-state index contributed by atoms with van der Waals surface area (Å²) in [5.74, 6) is 2.55. The molecule has 4 unspecified atom stereocenters. The van der Waals surface area contributed by atoms with Gasteiger partial charge in [-0.1, -0.05) is 74.5 Å². The topological polar surface area (TPSA) is 62.0 Å². The van der Waals surface area contributed by atoms with Gasteiger partial charge in [-0.15, -0.1) is 0 Å². The van der Waals surface area contributed by atoms with E-state index in [1.165, 1.54) is 27.8 Å². The van der Waals surface area contributed by atoms with Crippen molar-refractivity contribution in [3.8, 4) is 17.2 Å². The molecule has 0 bridgehead atoms. The fourth-order valence-corrected chi connectivity index (χ4v) is 5.77. The predicted octanol–water partition coefficient (Wildman–Crippen LogP) is 7.05. The Morgan fingerprint density at radius 1 is 0.545 bits per heavy atom. The van der Waals surface area contributed by atoms with Gasteiger partial charge in [0.1, 0.15) is 42.7 Å². The highest BCUT2D eigenvalue weighted by molar-refractivity contribution is 5.53. The standard InChI is InChI=1S/C38H40O6/c1-37(2,27-8-14-31(15-9-27)40-22-34-24-42-34)26-4-6-28(7-5-26)38(3,29-10-16-32(17-11-29)41-23-35-25-43-35)30-12-18-33(19-13-30)44-36-20-21-39-36/h4-19,34-36H,20-25H2,1-3H3. The van der Waals surface area contributed by atoms with Gasteiger partial charge in [-0.3, -0.25) is 0 Å². The highest BCUT2D eigenvalue weighted by atomic mass is 16.7. The Kier molecular flexibility index (Phi) is 7.83. The van der Waals surface area contributed by atoms with E-state index in [1.54, 1.807) is 0 Å². The van der Waals surface area contributed by atoms with E-state index in [-0.39, 0.29) is 23.9 Å². The summed E-state index contributed by atoms with van der Waals surface area (Å²) in [6.07, 6.45) is 1.26. The molecule has 3 aliphatic heterocycles. The van der Waals surface area contributed by atoms with Crippen molar-refractivity contribution in [3.05, 3.63) is 125 Å². The van der Waals surface area contributed by atoms with Crippen LogP contribution in [0.1, 0.15) is 55.0 Å². The largest absolute Gasteiger partial charge is 0.491 e. The number of epoxide rings is 2. The minimum absolute atomic E-state index is 0.141. The lowest BCUT2D eigenvalue weighted by Crippen LogP contribution is -2.32. The molecule has 0 aliphatic carbocycles. The van der Waals surface area contributed by atoms with Crippen LogP contribution in [-0.2, 0) is 25.0 Å². The van der Waals surface area contributed by atoms with Gasteiger partial charge >= 0.3 is 0 Å². The monoisotopic (exact) mass is 592 g/mol. The molecular weight excluding hydrogens is 552 g/mol. The maximum atomic E-state index is 5.96. The van der Waals surface area contributed by atoms with Crippen molar-refractivity contribution in [1.29, 1.82) is 0 Å². The average molecular weight is 593 g/mol. The van der Waals surface area contributed by atoms with Crippen LogP contribution in [0.15, 0.2) is 97.1 Å². The molecule has 3 saturated heterocycles. The molecule has 0 spiro atoms. The van der Waals surface area contributed by atoms with Gasteiger partial charge in [-0.2, -0.15) is 0 Å². The highest BCUT2D eigenvalue weighted by Gasteiger charge is 2.33. The zero-order valence-corrected chi connectivity index (χ0v) is 25.7. The minimum Gasteiger partial charge on any atom is -0.491 e. The van der Waals surface area contributed by atoms with Gasteiger partial charge in [0.15, 0.2) is 0 Å². The number of benzene rings is 4. The lowest BCUT2D eigenvalue weighted by Gasteiger charge is -2.33. The van der Waals surface area contributed by atoms with E-state index in [2.05, 4.69) is 106 Å². The molecule has 0 amide bonds. The van der Waals surface area contributed by atoms with Crippen molar-refractivity contribution in [3.63, 3.8) is 0 Å². The maximum Gasteiger partial charge on any atom is 0.202 e. The van der Waals surface area contributed by atoms with Gasteiger partial charge in [0.2, 0.25) is 6.29 Å². The minimum atomic E-state index is -0.406. The molecule has 0 N–H and O–H groups in total. The van der Waals surface area contributed by atoms with Gasteiger partial charge < -0.3 is 28.4 Å². The Balaban J connectivity index is 1.16. The molecule has 4 atom stereocenters. The molecule has 6 heteroatoms. The fourth-order valence-electron chi connectivity index (χ4n) is 5.77. The predicted molar refractivity (Wildman–Crippen MR) is 169 cm³/mol. The summed E-state index contributed by atoms with van der Waals surface area (Å²) in [7, 11) is 0. The summed E-state index contributed by atoms with van der Waals surface area (Å²) in [5.41, 5.74) is 5.47. The van der Waals surface area contributed by atoms with E-state index in [1.807, 2.05) is 12.1 Å². The molecule has 228 valence electrons. The molecule has 0 radical (unpaired) electrons. The molecule has 6 nitrogen and oxygen atoms in total. The first-order valence-electron chi connectivity index (χ1n) is 15.6.